The van der Waals surface area contributed by atoms with Gasteiger partial charge in [-0.2, -0.15) is 15.0 Å². The SMILES string of the molecule is CCN(Cc1nc(N)nc(N(C)C)n1)CC(C)(C)O. The van der Waals surface area contributed by atoms with Crippen LogP contribution in [0.3, 0.4) is 0 Å². The molecule has 1 aromatic heterocycles. The highest BCUT2D eigenvalue weighted by Gasteiger charge is 2.18. The van der Waals surface area contributed by atoms with Gasteiger partial charge in [0.05, 0.1) is 12.1 Å². The predicted molar refractivity (Wildman–Crippen MR) is 75.8 cm³/mol. The van der Waals surface area contributed by atoms with Crippen LogP contribution in [0.4, 0.5) is 11.9 Å². The summed E-state index contributed by atoms with van der Waals surface area (Å²) in [4.78, 5) is 16.4. The molecule has 19 heavy (non-hydrogen) atoms. The standard InChI is InChI=1S/C12H24N6O/c1-6-18(8-12(2,3)19)7-9-14-10(13)16-11(15-9)17(4)5/h19H,6-8H2,1-5H3,(H2,13,14,15,16). The molecule has 0 aliphatic rings. The van der Waals surface area contributed by atoms with Gasteiger partial charge in [0, 0.05) is 20.6 Å². The molecule has 0 bridgehead atoms. The van der Waals surface area contributed by atoms with Crippen LogP contribution in [0.25, 0.3) is 0 Å². The molecule has 0 radical (unpaired) electrons. The van der Waals surface area contributed by atoms with Gasteiger partial charge < -0.3 is 15.7 Å². The molecule has 3 N–H and O–H groups in total. The normalized spacial score (nSPS) is 11.9. The van der Waals surface area contributed by atoms with E-state index in [1.807, 2.05) is 21.0 Å². The second-order valence-corrected chi connectivity index (χ2v) is 5.42. The van der Waals surface area contributed by atoms with Crippen molar-refractivity contribution in [2.75, 3.05) is 37.8 Å². The summed E-state index contributed by atoms with van der Waals surface area (Å²) in [7, 11) is 3.71. The summed E-state index contributed by atoms with van der Waals surface area (Å²) in [5.41, 5.74) is 4.93. The van der Waals surface area contributed by atoms with Gasteiger partial charge in [-0.05, 0) is 20.4 Å². The van der Waals surface area contributed by atoms with Crippen LogP contribution in [0, 0.1) is 0 Å². The Balaban J connectivity index is 2.85. The number of anilines is 2. The van der Waals surface area contributed by atoms with Crippen LogP contribution in [0.1, 0.15) is 26.6 Å². The average Bonchev–Trinajstić information content (AvgIpc) is 2.25. The smallest absolute Gasteiger partial charge is 0.229 e. The molecular formula is C12H24N6O. The van der Waals surface area contributed by atoms with Crippen molar-refractivity contribution in [3.8, 4) is 0 Å². The number of nitrogens with two attached hydrogens (primary N) is 1. The fourth-order valence-electron chi connectivity index (χ4n) is 1.72. The van der Waals surface area contributed by atoms with Crippen LogP contribution >= 0.6 is 0 Å². The number of nitrogen functional groups attached to an aromatic ring is 1. The van der Waals surface area contributed by atoms with Gasteiger partial charge in [-0.15, -0.1) is 0 Å². The van der Waals surface area contributed by atoms with Crippen molar-refractivity contribution in [1.29, 1.82) is 0 Å². The molecule has 1 aromatic rings. The summed E-state index contributed by atoms with van der Waals surface area (Å²) >= 11 is 0. The van der Waals surface area contributed by atoms with E-state index in [0.29, 0.717) is 24.9 Å². The van der Waals surface area contributed by atoms with E-state index in [4.69, 9.17) is 5.73 Å². The van der Waals surface area contributed by atoms with Gasteiger partial charge in [0.25, 0.3) is 0 Å². The second kappa shape index (κ2) is 6.12. The first-order chi connectivity index (χ1) is 8.71. The third kappa shape index (κ3) is 5.35. The maximum Gasteiger partial charge on any atom is 0.229 e. The van der Waals surface area contributed by atoms with Crippen molar-refractivity contribution in [3.63, 3.8) is 0 Å². The summed E-state index contributed by atoms with van der Waals surface area (Å²) in [6.45, 7) is 7.47. The van der Waals surface area contributed by atoms with Gasteiger partial charge in [0.2, 0.25) is 11.9 Å². The first kappa shape index (κ1) is 15.6. The summed E-state index contributed by atoms with van der Waals surface area (Å²) < 4.78 is 0. The third-order valence-corrected chi connectivity index (χ3v) is 2.51. The van der Waals surface area contributed by atoms with Crippen LogP contribution in [-0.4, -0.2) is 57.7 Å². The fourth-order valence-corrected chi connectivity index (χ4v) is 1.72. The van der Waals surface area contributed by atoms with Gasteiger partial charge in [0.1, 0.15) is 5.82 Å². The van der Waals surface area contributed by atoms with E-state index in [9.17, 15) is 5.11 Å². The zero-order chi connectivity index (χ0) is 14.6. The Morgan fingerprint density at radius 3 is 2.32 bits per heavy atom. The monoisotopic (exact) mass is 268 g/mol. The minimum Gasteiger partial charge on any atom is -0.389 e. The number of aromatic nitrogens is 3. The maximum atomic E-state index is 9.87. The Morgan fingerprint density at radius 2 is 1.84 bits per heavy atom. The van der Waals surface area contributed by atoms with Gasteiger partial charge in [-0.25, -0.2) is 0 Å². The van der Waals surface area contributed by atoms with E-state index >= 15 is 0 Å². The van der Waals surface area contributed by atoms with Crippen LogP contribution in [0.15, 0.2) is 0 Å². The van der Waals surface area contributed by atoms with Crippen LogP contribution in [0.5, 0.6) is 0 Å². The summed E-state index contributed by atoms with van der Waals surface area (Å²) in [6, 6.07) is 0. The quantitative estimate of drug-likeness (QED) is 0.756. The zero-order valence-corrected chi connectivity index (χ0v) is 12.4. The second-order valence-electron chi connectivity index (χ2n) is 5.42. The highest BCUT2D eigenvalue weighted by molar-refractivity contribution is 5.32. The van der Waals surface area contributed by atoms with E-state index in [1.165, 1.54) is 0 Å². The van der Waals surface area contributed by atoms with Gasteiger partial charge >= 0.3 is 0 Å². The topological polar surface area (TPSA) is 91.4 Å². The van der Waals surface area contributed by atoms with Crippen molar-refractivity contribution >= 4 is 11.9 Å². The van der Waals surface area contributed by atoms with Gasteiger partial charge in [0.15, 0.2) is 0 Å². The predicted octanol–water partition coefficient (Wildman–Crippen LogP) is 0.113. The third-order valence-electron chi connectivity index (χ3n) is 2.51. The molecule has 0 fully saturated rings. The molecule has 0 aliphatic heterocycles. The van der Waals surface area contributed by atoms with Crippen molar-refractivity contribution in [1.82, 2.24) is 19.9 Å². The van der Waals surface area contributed by atoms with E-state index in [0.717, 1.165) is 6.54 Å². The lowest BCUT2D eigenvalue weighted by Crippen LogP contribution is -2.38. The molecule has 0 atom stereocenters. The van der Waals surface area contributed by atoms with Crippen molar-refractivity contribution in [2.45, 2.75) is 32.9 Å². The molecule has 0 aliphatic carbocycles. The molecule has 7 nitrogen and oxygen atoms in total. The molecule has 0 unspecified atom stereocenters. The molecule has 1 rings (SSSR count). The number of nitrogens with zero attached hydrogens (tertiary/aromatic N) is 5. The maximum absolute atomic E-state index is 9.87. The zero-order valence-electron chi connectivity index (χ0n) is 12.4. The van der Waals surface area contributed by atoms with Crippen molar-refractivity contribution in [2.24, 2.45) is 0 Å². The fraction of sp³-hybridized carbons (Fsp3) is 0.750. The molecule has 0 saturated carbocycles. The van der Waals surface area contributed by atoms with E-state index in [1.54, 1.807) is 18.7 Å². The Labute approximate surface area is 114 Å². The number of rotatable bonds is 6. The Morgan fingerprint density at radius 1 is 1.21 bits per heavy atom. The lowest BCUT2D eigenvalue weighted by atomic mass is 10.1. The molecular weight excluding hydrogens is 244 g/mol. The van der Waals surface area contributed by atoms with E-state index in [-0.39, 0.29) is 5.95 Å². The number of hydrogen-bond acceptors (Lipinski definition) is 7. The molecule has 7 heteroatoms. The molecule has 1 heterocycles. The Kier molecular flexibility index (Phi) is 5.02. The molecule has 0 aromatic carbocycles. The Bertz CT molecular complexity index is 415. The Hall–Kier alpha value is -1.47. The first-order valence-corrected chi connectivity index (χ1v) is 6.33. The number of hydrogen-bond donors (Lipinski definition) is 2. The van der Waals surface area contributed by atoms with Crippen LogP contribution in [0.2, 0.25) is 0 Å². The first-order valence-electron chi connectivity index (χ1n) is 6.33. The largest absolute Gasteiger partial charge is 0.389 e. The lowest BCUT2D eigenvalue weighted by Gasteiger charge is -2.27. The van der Waals surface area contributed by atoms with Gasteiger partial charge in [-0.3, -0.25) is 4.90 Å². The minimum absolute atomic E-state index is 0.216. The highest BCUT2D eigenvalue weighted by atomic mass is 16.3. The lowest BCUT2D eigenvalue weighted by molar-refractivity contribution is 0.0346. The van der Waals surface area contributed by atoms with Crippen molar-refractivity contribution in [3.05, 3.63) is 5.82 Å². The summed E-state index contributed by atoms with van der Waals surface area (Å²) in [5.74, 6) is 1.37. The van der Waals surface area contributed by atoms with Crippen LogP contribution < -0.4 is 10.6 Å². The van der Waals surface area contributed by atoms with Crippen LogP contribution in [-0.2, 0) is 6.54 Å². The highest BCUT2D eigenvalue weighted by Crippen LogP contribution is 2.10. The van der Waals surface area contributed by atoms with E-state index in [2.05, 4.69) is 19.9 Å². The molecule has 0 spiro atoms. The summed E-state index contributed by atoms with van der Waals surface area (Å²) in [5, 5.41) is 9.87. The summed E-state index contributed by atoms with van der Waals surface area (Å²) in [6.07, 6.45) is 0. The number of aliphatic hydroxyl groups is 1. The molecule has 0 saturated heterocycles. The minimum atomic E-state index is -0.751. The molecule has 108 valence electrons. The number of likely N-dealkylation sites (N-methyl/N-ethyl adjacent to an activating group) is 1. The van der Waals surface area contributed by atoms with Crippen molar-refractivity contribution < 1.29 is 5.11 Å². The average molecular weight is 268 g/mol. The van der Waals surface area contributed by atoms with E-state index < -0.39 is 5.60 Å². The van der Waals surface area contributed by atoms with Gasteiger partial charge in [-0.1, -0.05) is 6.92 Å². The molecule has 0 amide bonds.